The highest BCUT2D eigenvalue weighted by Crippen LogP contribution is 2.52. The SMILES string of the molecule is CCOC1(OCC)C[C@H](c2ccccc2)C2=C(O1)O[C@](C(=O)O[C@@H]1C[C@H](C)CC[C@H]1C(C)C)(c1ccccc1)N(c1ccc(OC)cc1)C2=O. The molecule has 1 amide bonds. The number of esters is 1. The van der Waals surface area contributed by atoms with Crippen molar-refractivity contribution in [3.63, 3.8) is 0 Å². The fourth-order valence-corrected chi connectivity index (χ4v) is 7.72. The molecule has 0 radical (unpaired) electrons. The number of methoxy groups -OCH3 is 1. The summed E-state index contributed by atoms with van der Waals surface area (Å²) in [5, 5.41) is 0. The quantitative estimate of drug-likeness (QED) is 0.148. The molecule has 1 aliphatic carbocycles. The first kappa shape index (κ1) is 35.5. The molecular weight excluding hydrogens is 634 g/mol. The van der Waals surface area contributed by atoms with E-state index in [1.54, 1.807) is 43.5 Å². The van der Waals surface area contributed by atoms with E-state index in [2.05, 4.69) is 20.8 Å². The van der Waals surface area contributed by atoms with Crippen molar-refractivity contribution < 1.29 is 38.0 Å². The van der Waals surface area contributed by atoms with Crippen molar-refractivity contribution in [3.8, 4) is 5.75 Å². The maximum atomic E-state index is 15.4. The van der Waals surface area contributed by atoms with Crippen LogP contribution < -0.4 is 9.64 Å². The molecule has 50 heavy (non-hydrogen) atoms. The number of hydrogen-bond acceptors (Lipinski definition) is 8. The van der Waals surface area contributed by atoms with E-state index in [9.17, 15) is 0 Å². The average Bonchev–Trinajstić information content (AvgIpc) is 3.12. The van der Waals surface area contributed by atoms with Crippen LogP contribution in [0.15, 0.2) is 96.4 Å². The first-order valence-corrected chi connectivity index (χ1v) is 17.9. The first-order valence-electron chi connectivity index (χ1n) is 17.9. The number of amides is 1. The Morgan fingerprint density at radius 3 is 2.14 bits per heavy atom. The lowest BCUT2D eigenvalue weighted by atomic mass is 9.75. The monoisotopic (exact) mass is 683 g/mol. The van der Waals surface area contributed by atoms with Gasteiger partial charge in [-0.15, -0.1) is 0 Å². The lowest BCUT2D eigenvalue weighted by Gasteiger charge is -2.50. The van der Waals surface area contributed by atoms with Crippen molar-refractivity contribution in [1.82, 2.24) is 0 Å². The number of rotatable bonds is 11. The molecule has 0 bridgehead atoms. The van der Waals surface area contributed by atoms with Crippen LogP contribution in [-0.4, -0.2) is 44.3 Å². The standard InChI is InChI=1S/C41H49NO8/c1-7-46-40(47-8-2)26-34(29-15-11-9-12-16-29)36-37(43)42(31-20-22-32(45-6)23-21-31)41(50-38(36)49-40,30-17-13-10-14-18-30)39(44)48-35-25-28(5)19-24-33(35)27(3)4/h9-18,20-23,27-28,33-35H,7-8,19,24-26H2,1-6H3/t28-,33+,34-,35-,41+/m1/s1. The van der Waals surface area contributed by atoms with Gasteiger partial charge in [-0.05, 0) is 74.3 Å². The Balaban J connectivity index is 1.59. The maximum Gasteiger partial charge on any atom is 0.378 e. The molecule has 3 aromatic carbocycles. The Morgan fingerprint density at radius 2 is 1.54 bits per heavy atom. The molecule has 0 unspecified atom stereocenters. The molecule has 3 aliphatic rings. The Hall–Kier alpha value is -4.34. The number of carbonyl (C=O) groups is 2. The number of anilines is 1. The molecule has 6 rings (SSSR count). The van der Waals surface area contributed by atoms with E-state index < -0.39 is 29.5 Å². The highest BCUT2D eigenvalue weighted by molar-refractivity contribution is 6.12. The molecule has 0 saturated heterocycles. The summed E-state index contributed by atoms with van der Waals surface area (Å²) in [4.78, 5) is 32.1. The second-order valence-corrected chi connectivity index (χ2v) is 13.7. The van der Waals surface area contributed by atoms with Gasteiger partial charge in [-0.3, -0.25) is 9.69 Å². The van der Waals surface area contributed by atoms with Crippen LogP contribution in [0.3, 0.4) is 0 Å². The van der Waals surface area contributed by atoms with Gasteiger partial charge in [-0.2, -0.15) is 0 Å². The molecule has 1 fully saturated rings. The molecule has 2 heterocycles. The van der Waals surface area contributed by atoms with Crippen molar-refractivity contribution in [1.29, 1.82) is 0 Å². The molecule has 3 aromatic rings. The summed E-state index contributed by atoms with van der Waals surface area (Å²) in [6, 6.07) is 25.7. The third kappa shape index (κ3) is 6.61. The number of ether oxygens (including phenoxy) is 6. The van der Waals surface area contributed by atoms with Gasteiger partial charge in [0.2, 0.25) is 0 Å². The molecule has 9 heteroatoms. The molecular formula is C41H49NO8. The second kappa shape index (κ2) is 14.9. The zero-order valence-electron chi connectivity index (χ0n) is 29.9. The second-order valence-electron chi connectivity index (χ2n) is 13.7. The van der Waals surface area contributed by atoms with Crippen LogP contribution in [0, 0.1) is 17.8 Å². The van der Waals surface area contributed by atoms with Crippen molar-refractivity contribution in [2.75, 3.05) is 25.2 Å². The zero-order chi connectivity index (χ0) is 35.5. The summed E-state index contributed by atoms with van der Waals surface area (Å²) >= 11 is 0. The van der Waals surface area contributed by atoms with E-state index in [1.807, 2.05) is 62.4 Å². The minimum Gasteiger partial charge on any atom is -0.497 e. The molecule has 9 nitrogen and oxygen atoms in total. The predicted octanol–water partition coefficient (Wildman–Crippen LogP) is 8.06. The third-order valence-electron chi connectivity index (χ3n) is 10.2. The summed E-state index contributed by atoms with van der Waals surface area (Å²) in [5.41, 5.74) is -0.151. The largest absolute Gasteiger partial charge is 0.497 e. The van der Waals surface area contributed by atoms with Gasteiger partial charge in [-0.25, -0.2) is 4.79 Å². The van der Waals surface area contributed by atoms with Crippen molar-refractivity contribution in [2.45, 2.75) is 84.0 Å². The van der Waals surface area contributed by atoms with Crippen LogP contribution in [-0.2, 0) is 39.0 Å². The fraction of sp³-hybridized carbons (Fsp3) is 0.463. The van der Waals surface area contributed by atoms with Crippen LogP contribution in [0.4, 0.5) is 5.69 Å². The van der Waals surface area contributed by atoms with Crippen LogP contribution >= 0.6 is 0 Å². The van der Waals surface area contributed by atoms with Gasteiger partial charge >= 0.3 is 17.7 Å². The van der Waals surface area contributed by atoms with Crippen molar-refractivity contribution >= 4 is 17.6 Å². The summed E-state index contributed by atoms with van der Waals surface area (Å²) in [5.74, 6) is -1.98. The van der Waals surface area contributed by atoms with Crippen LogP contribution in [0.1, 0.15) is 77.3 Å². The van der Waals surface area contributed by atoms with Crippen molar-refractivity contribution in [2.24, 2.45) is 17.8 Å². The molecule has 5 atom stereocenters. The summed E-state index contributed by atoms with van der Waals surface area (Å²) in [6.07, 6.45) is 2.54. The predicted molar refractivity (Wildman–Crippen MR) is 189 cm³/mol. The Morgan fingerprint density at radius 1 is 0.900 bits per heavy atom. The Bertz CT molecular complexity index is 1650. The maximum absolute atomic E-state index is 15.4. The summed E-state index contributed by atoms with van der Waals surface area (Å²) in [6.45, 7) is 10.8. The molecule has 1 saturated carbocycles. The van der Waals surface area contributed by atoms with Gasteiger partial charge in [-0.1, -0.05) is 87.9 Å². The Labute approximate surface area is 295 Å². The van der Waals surface area contributed by atoms with E-state index in [0.29, 0.717) is 35.3 Å². The number of benzene rings is 3. The van der Waals surface area contributed by atoms with Crippen LogP contribution in [0.25, 0.3) is 0 Å². The van der Waals surface area contributed by atoms with E-state index in [0.717, 1.165) is 18.4 Å². The average molecular weight is 684 g/mol. The molecule has 0 N–H and O–H groups in total. The molecule has 0 spiro atoms. The fourth-order valence-electron chi connectivity index (χ4n) is 7.72. The van der Waals surface area contributed by atoms with Crippen molar-refractivity contribution in [3.05, 3.63) is 108 Å². The Kier molecular flexibility index (Phi) is 10.6. The van der Waals surface area contributed by atoms with E-state index in [1.165, 1.54) is 4.90 Å². The number of nitrogens with zero attached hydrogens (tertiary/aromatic N) is 1. The van der Waals surface area contributed by atoms with E-state index in [-0.39, 0.29) is 43.2 Å². The summed E-state index contributed by atoms with van der Waals surface area (Å²) in [7, 11) is 1.58. The summed E-state index contributed by atoms with van der Waals surface area (Å²) < 4.78 is 37.9. The number of carbonyl (C=O) groups excluding carboxylic acids is 2. The first-order chi connectivity index (χ1) is 24.2. The van der Waals surface area contributed by atoms with Gasteiger partial charge in [0.1, 0.15) is 17.4 Å². The molecule has 2 aliphatic heterocycles. The lowest BCUT2D eigenvalue weighted by molar-refractivity contribution is -0.389. The van der Waals surface area contributed by atoms with Gasteiger partial charge in [0.15, 0.2) is 0 Å². The lowest BCUT2D eigenvalue weighted by Crippen LogP contribution is -2.63. The highest BCUT2D eigenvalue weighted by atomic mass is 16.9. The third-order valence-corrected chi connectivity index (χ3v) is 10.2. The highest BCUT2D eigenvalue weighted by Gasteiger charge is 2.62. The van der Waals surface area contributed by atoms with Gasteiger partial charge in [0.25, 0.3) is 11.9 Å². The van der Waals surface area contributed by atoms with E-state index in [4.69, 9.17) is 28.4 Å². The van der Waals surface area contributed by atoms with Gasteiger partial charge < -0.3 is 28.4 Å². The zero-order valence-corrected chi connectivity index (χ0v) is 29.9. The molecule has 0 aromatic heterocycles. The minimum absolute atomic E-state index is 0.125. The smallest absolute Gasteiger partial charge is 0.378 e. The van der Waals surface area contributed by atoms with E-state index >= 15 is 9.59 Å². The topological polar surface area (TPSA) is 92.8 Å². The molecule has 266 valence electrons. The van der Waals surface area contributed by atoms with Gasteiger partial charge in [0.05, 0.1) is 26.7 Å². The normalized spacial score (nSPS) is 26.1. The van der Waals surface area contributed by atoms with Crippen LogP contribution in [0.2, 0.25) is 0 Å². The van der Waals surface area contributed by atoms with Crippen LogP contribution in [0.5, 0.6) is 5.75 Å². The minimum atomic E-state index is -2.10. The number of hydrogen-bond donors (Lipinski definition) is 0. The van der Waals surface area contributed by atoms with Gasteiger partial charge in [0, 0.05) is 17.2 Å².